The van der Waals surface area contributed by atoms with Crippen LogP contribution in [-0.4, -0.2) is 9.97 Å². The van der Waals surface area contributed by atoms with Crippen LogP contribution < -0.4 is 11.1 Å². The second-order valence-corrected chi connectivity index (χ2v) is 5.77. The van der Waals surface area contributed by atoms with E-state index in [1.54, 1.807) is 18.0 Å². The van der Waals surface area contributed by atoms with Gasteiger partial charge >= 0.3 is 0 Å². The Bertz CT molecular complexity index is 741. The summed E-state index contributed by atoms with van der Waals surface area (Å²) in [6.45, 7) is 1.91. The van der Waals surface area contributed by atoms with Gasteiger partial charge in [0.05, 0.1) is 17.1 Å². The van der Waals surface area contributed by atoms with Crippen LogP contribution in [0.5, 0.6) is 0 Å². The van der Waals surface area contributed by atoms with Gasteiger partial charge in [-0.05, 0) is 29.7 Å². The van der Waals surface area contributed by atoms with Crippen LogP contribution in [0.15, 0.2) is 47.0 Å². The molecule has 0 aliphatic carbocycles. The summed E-state index contributed by atoms with van der Waals surface area (Å²) in [4.78, 5) is 8.16. The molecule has 4 nitrogen and oxygen atoms in total. The molecule has 0 atom stereocenters. The molecule has 1 aliphatic rings. The molecule has 3 rings (SSSR count). The van der Waals surface area contributed by atoms with E-state index in [1.165, 1.54) is 0 Å². The van der Waals surface area contributed by atoms with Crippen molar-refractivity contribution < 1.29 is 0 Å². The van der Waals surface area contributed by atoms with Crippen molar-refractivity contribution >= 4 is 34.8 Å². The van der Waals surface area contributed by atoms with E-state index in [9.17, 15) is 0 Å². The number of nitrogens with zero attached hydrogens (tertiary/aromatic N) is 2. The summed E-state index contributed by atoms with van der Waals surface area (Å²) in [5.74, 6) is 0. The summed E-state index contributed by atoms with van der Waals surface area (Å²) in [5.41, 5.74) is 10.5. The largest absolute Gasteiger partial charge is 0.395 e. The monoisotopic (exact) mass is 316 g/mol. The summed E-state index contributed by atoms with van der Waals surface area (Å²) in [7, 11) is 0. The van der Waals surface area contributed by atoms with Crippen molar-refractivity contribution in [2.24, 2.45) is 5.73 Å². The third kappa shape index (κ3) is 2.89. The highest BCUT2D eigenvalue weighted by Crippen LogP contribution is 2.33. The number of halogens is 1. The van der Waals surface area contributed by atoms with E-state index in [2.05, 4.69) is 15.3 Å². The molecule has 0 spiro atoms. The maximum atomic E-state index is 6.22. The molecule has 3 N–H and O–H groups in total. The van der Waals surface area contributed by atoms with E-state index >= 15 is 0 Å². The van der Waals surface area contributed by atoms with Gasteiger partial charge in [0.25, 0.3) is 0 Å². The summed E-state index contributed by atoms with van der Waals surface area (Å²) in [6, 6.07) is 10.1. The molecule has 106 valence electrons. The van der Waals surface area contributed by atoms with Crippen molar-refractivity contribution in [1.29, 1.82) is 0 Å². The van der Waals surface area contributed by atoms with Crippen LogP contribution in [0.3, 0.4) is 0 Å². The zero-order valence-corrected chi connectivity index (χ0v) is 12.9. The Labute approximate surface area is 132 Å². The molecule has 0 saturated heterocycles. The predicted molar refractivity (Wildman–Crippen MR) is 88.0 cm³/mol. The average molecular weight is 317 g/mol. The Hall–Kier alpha value is -1.98. The van der Waals surface area contributed by atoms with Gasteiger partial charge in [0.15, 0.2) is 0 Å². The first-order chi connectivity index (χ1) is 10.1. The Balaban J connectivity index is 1.90. The molecule has 0 saturated carbocycles. The Morgan fingerprint density at radius 1 is 1.29 bits per heavy atom. The maximum absolute atomic E-state index is 6.22. The van der Waals surface area contributed by atoms with E-state index < -0.39 is 0 Å². The summed E-state index contributed by atoms with van der Waals surface area (Å²) in [5, 5.41) is 6.41. The third-order valence-electron chi connectivity index (χ3n) is 3.07. The minimum absolute atomic E-state index is 0.193. The molecule has 0 fully saturated rings. The fraction of sp³-hybridized carbons (Fsp3) is 0.0667. The molecule has 2 heterocycles. The Morgan fingerprint density at radius 3 is 2.81 bits per heavy atom. The van der Waals surface area contributed by atoms with Crippen LogP contribution in [0.1, 0.15) is 16.8 Å². The zero-order chi connectivity index (χ0) is 14.8. The average Bonchev–Trinajstić information content (AvgIpc) is 3.00. The first kappa shape index (κ1) is 14.0. The Morgan fingerprint density at radius 2 is 2.05 bits per heavy atom. The lowest BCUT2D eigenvalue weighted by molar-refractivity contribution is 1.08. The second kappa shape index (κ2) is 5.79. The minimum atomic E-state index is 0.193. The molecule has 0 bridgehead atoms. The van der Waals surface area contributed by atoms with Gasteiger partial charge in [0, 0.05) is 11.6 Å². The Kier molecular flexibility index (Phi) is 3.86. The van der Waals surface area contributed by atoms with Crippen molar-refractivity contribution in [3.05, 3.63) is 69.1 Å². The van der Waals surface area contributed by atoms with Gasteiger partial charge in [-0.15, -0.1) is 0 Å². The number of nitrogens with two attached hydrogens (primary N) is 1. The van der Waals surface area contributed by atoms with Gasteiger partial charge in [-0.2, -0.15) is 0 Å². The fourth-order valence-electron chi connectivity index (χ4n) is 1.99. The van der Waals surface area contributed by atoms with Crippen LogP contribution >= 0.6 is 23.4 Å². The minimum Gasteiger partial charge on any atom is -0.395 e. The van der Waals surface area contributed by atoms with E-state index in [1.807, 2.05) is 42.7 Å². The molecule has 0 radical (unpaired) electrons. The number of aromatic nitrogens is 2. The fourth-order valence-corrected chi connectivity index (χ4v) is 2.95. The number of nitrogens with one attached hydrogen (secondary N) is 1. The van der Waals surface area contributed by atoms with Crippen molar-refractivity contribution in [3.8, 4) is 0 Å². The van der Waals surface area contributed by atoms with Gasteiger partial charge in [0.2, 0.25) is 5.28 Å². The molecule has 21 heavy (non-hydrogen) atoms. The first-order valence-electron chi connectivity index (χ1n) is 6.33. The predicted octanol–water partition coefficient (Wildman–Crippen LogP) is 3.36. The molecule has 0 unspecified atom stereocenters. The van der Waals surface area contributed by atoms with Crippen molar-refractivity contribution in [3.63, 3.8) is 0 Å². The van der Waals surface area contributed by atoms with E-state index in [4.69, 9.17) is 17.3 Å². The van der Waals surface area contributed by atoms with Crippen LogP contribution in [0.4, 0.5) is 0 Å². The lowest BCUT2D eigenvalue weighted by atomic mass is 10.2. The number of thioether (sulfide) groups is 1. The summed E-state index contributed by atoms with van der Waals surface area (Å²) in [6.07, 6.45) is 1.67. The number of benzene rings is 1. The molecular weight excluding hydrogens is 304 g/mol. The van der Waals surface area contributed by atoms with E-state index in [-0.39, 0.29) is 5.28 Å². The lowest BCUT2D eigenvalue weighted by Crippen LogP contribution is -2.12. The van der Waals surface area contributed by atoms with Gasteiger partial charge < -0.3 is 11.1 Å². The molecule has 1 aromatic heterocycles. The molecule has 6 heteroatoms. The smallest absolute Gasteiger partial charge is 0.222 e. The quantitative estimate of drug-likeness (QED) is 0.832. The highest BCUT2D eigenvalue weighted by Gasteiger charge is 2.17. The van der Waals surface area contributed by atoms with Gasteiger partial charge in [0.1, 0.15) is 5.03 Å². The zero-order valence-electron chi connectivity index (χ0n) is 11.3. The molecule has 2 aromatic rings. The number of hydrogen-bond donors (Lipinski definition) is 2. The molecular formula is C15H13ClN4S. The topological polar surface area (TPSA) is 63.8 Å². The number of aryl methyl sites for hydroxylation is 1. The van der Waals surface area contributed by atoms with Crippen molar-refractivity contribution in [2.45, 2.75) is 6.92 Å². The van der Waals surface area contributed by atoms with Crippen LogP contribution in [0, 0.1) is 6.92 Å². The van der Waals surface area contributed by atoms with Gasteiger partial charge in [-0.1, -0.05) is 42.1 Å². The first-order valence-corrected chi connectivity index (χ1v) is 7.59. The summed E-state index contributed by atoms with van der Waals surface area (Å²) >= 11 is 7.39. The number of hydrogen-bond acceptors (Lipinski definition) is 5. The molecule has 0 amide bonds. The van der Waals surface area contributed by atoms with Gasteiger partial charge in [-0.25, -0.2) is 9.97 Å². The normalized spacial score (nSPS) is 16.4. The van der Waals surface area contributed by atoms with Crippen molar-refractivity contribution in [2.75, 3.05) is 0 Å². The van der Waals surface area contributed by atoms with Gasteiger partial charge in [-0.3, -0.25) is 0 Å². The van der Waals surface area contributed by atoms with Crippen LogP contribution in [0.25, 0.3) is 11.4 Å². The van der Waals surface area contributed by atoms with Crippen LogP contribution in [-0.2, 0) is 0 Å². The SMILES string of the molecule is Cc1cnc(Cl)nc1/C(N)=C1/NC(c2ccccc2)=CS1. The second-order valence-electron chi connectivity index (χ2n) is 4.55. The number of rotatable bonds is 2. The van der Waals surface area contributed by atoms with Crippen molar-refractivity contribution in [1.82, 2.24) is 15.3 Å². The standard InChI is InChI=1S/C15H13ClN4S/c1-9-7-18-15(16)20-13(9)12(17)14-19-11(8-21-14)10-5-3-2-4-6-10/h2-8,19H,17H2,1H3/b14-12+. The van der Waals surface area contributed by atoms with E-state index in [0.717, 1.165) is 21.9 Å². The third-order valence-corrected chi connectivity index (χ3v) is 4.16. The highest BCUT2D eigenvalue weighted by atomic mass is 35.5. The molecule has 1 aliphatic heterocycles. The van der Waals surface area contributed by atoms with E-state index in [0.29, 0.717) is 11.4 Å². The van der Waals surface area contributed by atoms with Crippen LogP contribution in [0.2, 0.25) is 5.28 Å². The molecule has 1 aromatic carbocycles. The highest BCUT2D eigenvalue weighted by molar-refractivity contribution is 8.06. The summed E-state index contributed by atoms with van der Waals surface area (Å²) < 4.78 is 0. The lowest BCUT2D eigenvalue weighted by Gasteiger charge is -2.10. The maximum Gasteiger partial charge on any atom is 0.222 e.